The molecule has 1 aliphatic heterocycles. The zero-order valence-electron chi connectivity index (χ0n) is 11.6. The lowest BCUT2D eigenvalue weighted by Gasteiger charge is -2.17. The van der Waals surface area contributed by atoms with E-state index in [0.717, 1.165) is 6.07 Å². The first-order valence-electron chi connectivity index (χ1n) is 6.35. The van der Waals surface area contributed by atoms with Crippen LogP contribution >= 0.6 is 0 Å². The zero-order valence-corrected chi connectivity index (χ0v) is 11.6. The quantitative estimate of drug-likeness (QED) is 0.751. The second-order valence-electron chi connectivity index (χ2n) is 4.56. The number of nitrogens with two attached hydrogens (primary N) is 1. The molecule has 8 heteroatoms. The van der Waals surface area contributed by atoms with Crippen LogP contribution in [0.1, 0.15) is 5.56 Å². The number of nitrogens with one attached hydrogen (secondary N) is 2. The second kappa shape index (κ2) is 5.49. The molecule has 2 heterocycles. The van der Waals surface area contributed by atoms with Crippen LogP contribution in [0.15, 0.2) is 36.8 Å². The summed E-state index contributed by atoms with van der Waals surface area (Å²) in [7, 11) is 1.53. The molecule has 2 aromatic rings. The van der Waals surface area contributed by atoms with Crippen molar-refractivity contribution >= 4 is 17.1 Å². The number of halogens is 2. The van der Waals surface area contributed by atoms with E-state index in [9.17, 15) is 8.78 Å². The maximum Gasteiger partial charge on any atom is 0.174 e. The first-order chi connectivity index (χ1) is 10.6. The van der Waals surface area contributed by atoms with Crippen molar-refractivity contribution in [2.45, 2.75) is 0 Å². The molecule has 4 N–H and O–H groups in total. The Morgan fingerprint density at radius 3 is 2.86 bits per heavy atom. The van der Waals surface area contributed by atoms with Crippen LogP contribution in [0.4, 0.5) is 20.2 Å². The summed E-state index contributed by atoms with van der Waals surface area (Å²) in [5, 5.41) is 1.18. The van der Waals surface area contributed by atoms with Gasteiger partial charge in [0.15, 0.2) is 11.6 Å². The molecule has 1 aromatic carbocycles. The maximum absolute atomic E-state index is 14.0. The number of hydrogen-bond acceptors (Lipinski definition) is 6. The van der Waals surface area contributed by atoms with E-state index in [1.807, 2.05) is 0 Å². The second-order valence-corrected chi connectivity index (χ2v) is 4.56. The number of methoxy groups -OCH3 is 1. The molecule has 0 aliphatic carbocycles. The van der Waals surface area contributed by atoms with E-state index >= 15 is 0 Å². The molecule has 22 heavy (non-hydrogen) atoms. The van der Waals surface area contributed by atoms with Gasteiger partial charge in [-0.25, -0.2) is 8.78 Å². The van der Waals surface area contributed by atoms with Crippen molar-refractivity contribution in [2.24, 2.45) is 0 Å². The van der Waals surface area contributed by atoms with Gasteiger partial charge < -0.3 is 15.9 Å². The molecule has 1 aromatic heterocycles. The van der Waals surface area contributed by atoms with Gasteiger partial charge in [0.2, 0.25) is 0 Å². The number of rotatable bonds is 3. The smallest absolute Gasteiger partial charge is 0.174 e. The fourth-order valence-corrected chi connectivity index (χ4v) is 2.04. The summed E-state index contributed by atoms with van der Waals surface area (Å²) in [5.41, 5.74) is 11.8. The van der Waals surface area contributed by atoms with Crippen molar-refractivity contribution in [3.05, 3.63) is 54.0 Å². The van der Waals surface area contributed by atoms with E-state index in [4.69, 9.17) is 10.5 Å². The van der Waals surface area contributed by atoms with Crippen molar-refractivity contribution in [3.8, 4) is 5.75 Å². The zero-order chi connectivity index (χ0) is 15.7. The number of pyridine rings is 1. The number of ether oxygens (including phenoxy) is 1. The molecule has 1 aliphatic rings. The molecular formula is C14H13F2N5O. The largest absolute Gasteiger partial charge is 0.495 e. The molecule has 0 bridgehead atoms. The van der Waals surface area contributed by atoms with E-state index in [-0.39, 0.29) is 11.4 Å². The van der Waals surface area contributed by atoms with Crippen LogP contribution in [-0.2, 0) is 0 Å². The number of nitrogens with zero attached hydrogens (tertiary/aromatic N) is 2. The fraction of sp³-hybridized carbons (Fsp3) is 0.0714. The van der Waals surface area contributed by atoms with Crippen LogP contribution < -0.4 is 26.4 Å². The topological polar surface area (TPSA) is 75.4 Å². The van der Waals surface area contributed by atoms with E-state index in [0.29, 0.717) is 17.0 Å². The van der Waals surface area contributed by atoms with Crippen LogP contribution in [0.3, 0.4) is 0 Å². The molecule has 0 fully saturated rings. The molecule has 0 spiro atoms. The van der Waals surface area contributed by atoms with Crippen molar-refractivity contribution < 1.29 is 13.5 Å². The van der Waals surface area contributed by atoms with E-state index in [1.165, 1.54) is 24.4 Å². The number of hydrogen-bond donors (Lipinski definition) is 3. The molecule has 0 amide bonds. The fourth-order valence-electron chi connectivity index (χ4n) is 2.04. The van der Waals surface area contributed by atoms with Crippen LogP contribution in [0.25, 0.3) is 5.70 Å². The highest BCUT2D eigenvalue weighted by Gasteiger charge is 2.22. The van der Waals surface area contributed by atoms with Crippen molar-refractivity contribution in [3.63, 3.8) is 0 Å². The third-order valence-corrected chi connectivity index (χ3v) is 3.17. The molecule has 0 saturated carbocycles. The van der Waals surface area contributed by atoms with Gasteiger partial charge in [0.1, 0.15) is 11.4 Å². The molecule has 114 valence electrons. The summed E-state index contributed by atoms with van der Waals surface area (Å²) in [5.74, 6) is -1.00. The highest BCUT2D eigenvalue weighted by atomic mass is 19.1. The minimum atomic E-state index is -0.837. The Hall–Kier alpha value is -2.87. The van der Waals surface area contributed by atoms with E-state index in [2.05, 4.69) is 15.9 Å². The Kier molecular flexibility index (Phi) is 3.51. The molecule has 0 radical (unpaired) electrons. The monoisotopic (exact) mass is 305 g/mol. The lowest BCUT2D eigenvalue weighted by atomic mass is 10.2. The summed E-state index contributed by atoms with van der Waals surface area (Å²) >= 11 is 0. The summed E-state index contributed by atoms with van der Waals surface area (Å²) in [6.07, 6.45) is 4.65. The molecule has 0 atom stereocenters. The highest BCUT2D eigenvalue weighted by Crippen LogP contribution is 2.29. The highest BCUT2D eigenvalue weighted by molar-refractivity contribution is 5.71. The molecular weight excluding hydrogens is 292 g/mol. The molecule has 0 saturated heterocycles. The first-order valence-corrected chi connectivity index (χ1v) is 6.35. The van der Waals surface area contributed by atoms with Gasteiger partial charge in [-0.1, -0.05) is 0 Å². The lowest BCUT2D eigenvalue weighted by molar-refractivity contribution is 0.412. The van der Waals surface area contributed by atoms with Gasteiger partial charge >= 0.3 is 0 Å². The standard InChI is InChI=1S/C14H13F2N5O/c1-22-9-4-8(5-18-6-9)12-7-21(20-19-12)14-10(15)2-3-11(17)13(14)16/h2-7,19-20H,17H2,1H3. The minimum absolute atomic E-state index is 0.136. The van der Waals surface area contributed by atoms with Crippen molar-refractivity contribution in [1.82, 2.24) is 15.9 Å². The van der Waals surface area contributed by atoms with Crippen LogP contribution in [0, 0.1) is 11.6 Å². The Balaban J connectivity index is 1.96. The third-order valence-electron chi connectivity index (χ3n) is 3.17. The number of nitrogen functional groups attached to an aromatic ring is 1. The number of hydrazine groups is 2. The van der Waals surface area contributed by atoms with Crippen molar-refractivity contribution in [2.75, 3.05) is 17.9 Å². The summed E-state index contributed by atoms with van der Waals surface area (Å²) in [6, 6.07) is 4.02. The summed E-state index contributed by atoms with van der Waals surface area (Å²) in [4.78, 5) is 4.03. The lowest BCUT2D eigenvalue weighted by Crippen LogP contribution is -2.37. The predicted octanol–water partition coefficient (Wildman–Crippen LogP) is 1.78. The third kappa shape index (κ3) is 2.40. The van der Waals surface area contributed by atoms with Crippen molar-refractivity contribution in [1.29, 1.82) is 0 Å². The first kappa shape index (κ1) is 14.1. The Labute approximate surface area is 125 Å². The van der Waals surface area contributed by atoms with Gasteiger partial charge in [-0.3, -0.25) is 9.99 Å². The average Bonchev–Trinajstić information content (AvgIpc) is 3.01. The van der Waals surface area contributed by atoms with E-state index in [1.54, 1.807) is 18.5 Å². The number of aromatic nitrogens is 1. The Bertz CT molecular complexity index is 750. The maximum atomic E-state index is 14.0. The van der Waals surface area contributed by atoms with Crippen LogP contribution in [-0.4, -0.2) is 12.1 Å². The molecule has 0 unspecified atom stereocenters. The minimum Gasteiger partial charge on any atom is -0.495 e. The number of anilines is 2. The van der Waals surface area contributed by atoms with Crippen LogP contribution in [0.5, 0.6) is 5.75 Å². The van der Waals surface area contributed by atoms with Gasteiger partial charge in [-0.05, 0) is 18.2 Å². The molecule has 3 rings (SSSR count). The van der Waals surface area contributed by atoms with Gasteiger partial charge in [-0.15, -0.1) is 5.53 Å². The predicted molar refractivity (Wildman–Crippen MR) is 78.3 cm³/mol. The van der Waals surface area contributed by atoms with Gasteiger partial charge in [0.05, 0.1) is 24.7 Å². The summed E-state index contributed by atoms with van der Waals surface area (Å²) in [6.45, 7) is 0. The van der Waals surface area contributed by atoms with E-state index < -0.39 is 11.6 Å². The van der Waals surface area contributed by atoms with Crippen LogP contribution in [0.2, 0.25) is 0 Å². The Morgan fingerprint density at radius 2 is 2.09 bits per heavy atom. The average molecular weight is 305 g/mol. The summed E-state index contributed by atoms with van der Waals surface area (Å²) < 4.78 is 33.0. The van der Waals surface area contributed by atoms with Gasteiger partial charge in [-0.2, -0.15) is 0 Å². The SMILES string of the molecule is COc1cncc(C2=CN(c3c(F)ccc(N)c3F)NN2)c1. The van der Waals surface area contributed by atoms with Gasteiger partial charge in [0, 0.05) is 18.0 Å². The molecule has 6 nitrogen and oxygen atoms in total. The normalized spacial score (nSPS) is 13.8. The Morgan fingerprint density at radius 1 is 1.27 bits per heavy atom. The van der Waals surface area contributed by atoms with Gasteiger partial charge in [0.25, 0.3) is 0 Å². The number of benzene rings is 1.